The van der Waals surface area contributed by atoms with Gasteiger partial charge in [0.15, 0.2) is 0 Å². The van der Waals surface area contributed by atoms with Crippen LogP contribution in [0.15, 0.2) is 78.9 Å². The molecule has 0 N–H and O–H groups in total. The van der Waals surface area contributed by atoms with Gasteiger partial charge in [-0.2, -0.15) is 0 Å². The van der Waals surface area contributed by atoms with E-state index >= 15 is 0 Å². The minimum Gasteiger partial charge on any atom is -0.0683 e. The van der Waals surface area contributed by atoms with Gasteiger partial charge in [-0.15, -0.1) is 0 Å². The summed E-state index contributed by atoms with van der Waals surface area (Å²) in [6.45, 7) is 16.5. The molecule has 0 spiro atoms. The molecule has 0 saturated carbocycles. The summed E-state index contributed by atoms with van der Waals surface area (Å²) in [6, 6.07) is 28.0. The quantitative estimate of drug-likeness (QED) is 0.435. The summed E-state index contributed by atoms with van der Waals surface area (Å²) >= 11 is 0. The van der Waals surface area contributed by atoms with Crippen LogP contribution in [0.3, 0.4) is 0 Å². The van der Waals surface area contributed by atoms with Crippen LogP contribution in [-0.2, 0) is 0 Å². The summed E-state index contributed by atoms with van der Waals surface area (Å²) in [6.07, 6.45) is 0. The zero-order chi connectivity index (χ0) is 20.7. The molecule has 0 bridgehead atoms. The normalized spacial score (nSPS) is 9.07. The lowest BCUT2D eigenvalue weighted by Crippen LogP contribution is -1.96. The van der Waals surface area contributed by atoms with Gasteiger partial charge < -0.3 is 0 Å². The average molecular weight is 363 g/mol. The third-order valence-electron chi connectivity index (χ3n) is 3.85. The first kappa shape index (κ1) is 24.7. The Morgan fingerprint density at radius 3 is 1.07 bits per heavy atom. The van der Waals surface area contributed by atoms with Crippen LogP contribution < -0.4 is 0 Å². The molecule has 0 aliphatic heterocycles. The molecular weight excluding hydrogens is 324 g/mol. The smallest absolute Gasteiger partial charge is 0.0143 e. The number of rotatable bonds is 3. The number of hydrogen-bond donors (Lipinski definition) is 0. The number of hydrogen-bond acceptors (Lipinski definition) is 0. The largest absolute Gasteiger partial charge is 0.0683 e. The van der Waals surface area contributed by atoms with E-state index in [4.69, 9.17) is 0 Å². The van der Waals surface area contributed by atoms with E-state index in [2.05, 4.69) is 92.7 Å². The van der Waals surface area contributed by atoms with E-state index in [0.29, 0.717) is 5.92 Å². The first-order valence-electron chi connectivity index (χ1n) is 10.5. The second-order valence-corrected chi connectivity index (χ2v) is 5.65. The first-order chi connectivity index (χ1) is 13.3. The lowest BCUT2D eigenvalue weighted by molar-refractivity contribution is 0.871. The van der Waals surface area contributed by atoms with Crippen LogP contribution in [0.5, 0.6) is 0 Å². The highest BCUT2D eigenvalue weighted by Gasteiger charge is 2.14. The first-order valence-corrected chi connectivity index (χ1v) is 10.5. The molecule has 0 amide bonds. The van der Waals surface area contributed by atoms with Gasteiger partial charge in [-0.25, -0.2) is 0 Å². The average Bonchev–Trinajstić information content (AvgIpc) is 2.78. The molecule has 0 aromatic heterocycles. The second-order valence-electron chi connectivity index (χ2n) is 5.65. The molecule has 0 nitrogen and oxygen atoms in total. The van der Waals surface area contributed by atoms with Gasteiger partial charge in [0.2, 0.25) is 0 Å². The highest BCUT2D eigenvalue weighted by molar-refractivity contribution is 5.79. The van der Waals surface area contributed by atoms with Gasteiger partial charge in [0, 0.05) is 0 Å². The Morgan fingerprint density at radius 2 is 0.778 bits per heavy atom. The molecule has 0 heteroatoms. The molecule has 3 aromatic rings. The fourth-order valence-electron chi connectivity index (χ4n) is 2.93. The number of benzene rings is 3. The Kier molecular flexibility index (Phi) is 13.5. The van der Waals surface area contributed by atoms with E-state index in [0.717, 1.165) is 0 Å². The fraction of sp³-hybridized carbons (Fsp3) is 0.333. The van der Waals surface area contributed by atoms with Crippen LogP contribution in [0.1, 0.15) is 66.9 Å². The molecule has 27 heavy (non-hydrogen) atoms. The summed E-state index contributed by atoms with van der Waals surface area (Å²) in [7, 11) is 0. The summed E-state index contributed by atoms with van der Waals surface area (Å²) in [5.74, 6) is 0.483. The van der Waals surface area contributed by atoms with Gasteiger partial charge in [0.25, 0.3) is 0 Å². The van der Waals surface area contributed by atoms with Crippen LogP contribution in [0.25, 0.3) is 22.3 Å². The maximum atomic E-state index is 2.27. The molecule has 0 aliphatic carbocycles. The summed E-state index contributed by atoms with van der Waals surface area (Å²) < 4.78 is 0. The molecule has 0 radical (unpaired) electrons. The SMILES string of the molecule is CC.CC.CC.CC(C)c1c(-c2ccccc2)cccc1-c1ccccc1. The third-order valence-corrected chi connectivity index (χ3v) is 3.85. The van der Waals surface area contributed by atoms with E-state index in [-0.39, 0.29) is 0 Å². The topological polar surface area (TPSA) is 0 Å². The Balaban J connectivity index is 0.00000103. The molecule has 0 unspecified atom stereocenters. The van der Waals surface area contributed by atoms with Gasteiger partial charge >= 0.3 is 0 Å². The van der Waals surface area contributed by atoms with E-state index in [1.54, 1.807) is 0 Å². The standard InChI is InChI=1S/C21H20.3C2H6/c1-16(2)21-19(17-10-5-3-6-11-17)14-9-15-20(21)18-12-7-4-8-13-18;3*1-2/h3-16H,1-2H3;3*1-2H3. The predicted octanol–water partition coefficient (Wildman–Crippen LogP) is 9.22. The minimum absolute atomic E-state index is 0.483. The maximum absolute atomic E-state index is 2.27. The summed E-state index contributed by atoms with van der Waals surface area (Å²) in [5, 5.41) is 0. The maximum Gasteiger partial charge on any atom is -0.0143 e. The minimum atomic E-state index is 0.483. The van der Waals surface area contributed by atoms with Gasteiger partial charge in [-0.3, -0.25) is 0 Å². The van der Waals surface area contributed by atoms with Crippen molar-refractivity contribution < 1.29 is 0 Å². The van der Waals surface area contributed by atoms with Crippen molar-refractivity contribution in [2.45, 2.75) is 61.3 Å². The van der Waals surface area contributed by atoms with E-state index in [1.165, 1.54) is 27.8 Å². The predicted molar refractivity (Wildman–Crippen MR) is 125 cm³/mol. The Bertz CT molecular complexity index is 652. The van der Waals surface area contributed by atoms with Gasteiger partial charge in [0.05, 0.1) is 0 Å². The fourth-order valence-corrected chi connectivity index (χ4v) is 2.93. The lowest BCUT2D eigenvalue weighted by atomic mass is 9.86. The molecule has 0 aliphatic rings. The Labute approximate surface area is 168 Å². The molecule has 0 saturated heterocycles. The highest BCUT2D eigenvalue weighted by atomic mass is 14.2. The van der Waals surface area contributed by atoms with Crippen LogP contribution in [0, 0.1) is 0 Å². The van der Waals surface area contributed by atoms with Crippen LogP contribution in [0.4, 0.5) is 0 Å². The van der Waals surface area contributed by atoms with Gasteiger partial charge in [0.1, 0.15) is 0 Å². The molecule has 146 valence electrons. The highest BCUT2D eigenvalue weighted by Crippen LogP contribution is 2.36. The van der Waals surface area contributed by atoms with E-state index < -0.39 is 0 Å². The second kappa shape index (κ2) is 14.8. The molecule has 0 atom stereocenters. The van der Waals surface area contributed by atoms with Crippen molar-refractivity contribution in [2.24, 2.45) is 0 Å². The molecular formula is C27H38. The van der Waals surface area contributed by atoms with Gasteiger partial charge in [-0.05, 0) is 33.7 Å². The molecule has 3 aromatic carbocycles. The monoisotopic (exact) mass is 362 g/mol. The summed E-state index contributed by atoms with van der Waals surface area (Å²) in [4.78, 5) is 0. The van der Waals surface area contributed by atoms with Crippen molar-refractivity contribution >= 4 is 0 Å². The summed E-state index contributed by atoms with van der Waals surface area (Å²) in [5.41, 5.74) is 6.69. The molecule has 3 rings (SSSR count). The third kappa shape index (κ3) is 7.06. The zero-order valence-corrected chi connectivity index (χ0v) is 18.6. The molecule has 0 heterocycles. The van der Waals surface area contributed by atoms with Crippen molar-refractivity contribution in [3.8, 4) is 22.3 Å². The lowest BCUT2D eigenvalue weighted by Gasteiger charge is -2.18. The van der Waals surface area contributed by atoms with Crippen LogP contribution in [-0.4, -0.2) is 0 Å². The van der Waals surface area contributed by atoms with Crippen molar-refractivity contribution in [3.05, 3.63) is 84.4 Å². The van der Waals surface area contributed by atoms with E-state index in [1.807, 2.05) is 41.5 Å². The van der Waals surface area contributed by atoms with Crippen molar-refractivity contribution in [3.63, 3.8) is 0 Å². The Hall–Kier alpha value is -2.34. The Morgan fingerprint density at radius 1 is 0.444 bits per heavy atom. The molecule has 0 fully saturated rings. The zero-order valence-electron chi connectivity index (χ0n) is 18.6. The van der Waals surface area contributed by atoms with Crippen LogP contribution >= 0.6 is 0 Å². The van der Waals surface area contributed by atoms with Gasteiger partial charge in [-0.1, -0.05) is 134 Å². The van der Waals surface area contributed by atoms with Crippen molar-refractivity contribution in [1.82, 2.24) is 0 Å². The van der Waals surface area contributed by atoms with Crippen molar-refractivity contribution in [2.75, 3.05) is 0 Å². The van der Waals surface area contributed by atoms with E-state index in [9.17, 15) is 0 Å². The van der Waals surface area contributed by atoms with Crippen LogP contribution in [0.2, 0.25) is 0 Å². The van der Waals surface area contributed by atoms with Crippen molar-refractivity contribution in [1.29, 1.82) is 0 Å².